The lowest BCUT2D eigenvalue weighted by Gasteiger charge is -2.35. The molecule has 1 saturated heterocycles. The van der Waals surface area contributed by atoms with Crippen LogP contribution in [0, 0.1) is 0 Å². The Hall–Kier alpha value is -0.850. The van der Waals surface area contributed by atoms with Crippen LogP contribution in [-0.4, -0.2) is 62.2 Å². The number of hydrogen-bond donors (Lipinski definition) is 3. The Kier molecular flexibility index (Phi) is 7.42. The van der Waals surface area contributed by atoms with E-state index in [9.17, 15) is 5.11 Å². The maximum absolute atomic E-state index is 10.1. The van der Waals surface area contributed by atoms with E-state index in [0.717, 1.165) is 70.8 Å². The van der Waals surface area contributed by atoms with E-state index in [0.29, 0.717) is 19.3 Å². The minimum atomic E-state index is -0.563. The topological polar surface area (TPSA) is 75.1 Å². The first kappa shape index (κ1) is 17.5. The van der Waals surface area contributed by atoms with E-state index < -0.39 is 5.60 Å². The third-order valence-electron chi connectivity index (χ3n) is 4.25. The van der Waals surface area contributed by atoms with Gasteiger partial charge in [-0.25, -0.2) is 0 Å². The molecule has 1 aliphatic heterocycles. The highest BCUT2D eigenvalue weighted by Crippen LogP contribution is 2.31. The van der Waals surface area contributed by atoms with Gasteiger partial charge in [0.25, 0.3) is 0 Å². The van der Waals surface area contributed by atoms with E-state index in [1.807, 2.05) is 6.92 Å². The van der Waals surface area contributed by atoms with Gasteiger partial charge >= 0.3 is 0 Å². The Morgan fingerprint density at radius 2 is 2.23 bits per heavy atom. The lowest BCUT2D eigenvalue weighted by Crippen LogP contribution is -2.43. The largest absolute Gasteiger partial charge is 0.388 e. The van der Waals surface area contributed by atoms with Crippen molar-refractivity contribution in [2.75, 3.05) is 39.5 Å². The van der Waals surface area contributed by atoms with Crippen LogP contribution in [0.2, 0.25) is 0 Å². The molecule has 0 aromatic rings. The highest BCUT2D eigenvalue weighted by Gasteiger charge is 2.34. The van der Waals surface area contributed by atoms with Crippen molar-refractivity contribution in [3.8, 4) is 0 Å². The highest BCUT2D eigenvalue weighted by atomic mass is 16.5. The summed E-state index contributed by atoms with van der Waals surface area (Å²) in [5.74, 6) is 0.780. The second kappa shape index (κ2) is 9.33. The van der Waals surface area contributed by atoms with Gasteiger partial charge in [0.2, 0.25) is 0 Å². The second-order valence-corrected chi connectivity index (χ2v) is 6.26. The molecule has 0 aromatic heterocycles. The Morgan fingerprint density at radius 3 is 2.86 bits per heavy atom. The molecule has 0 amide bonds. The third kappa shape index (κ3) is 6.10. The van der Waals surface area contributed by atoms with Crippen molar-refractivity contribution in [3.05, 3.63) is 0 Å². The van der Waals surface area contributed by atoms with Gasteiger partial charge in [0.1, 0.15) is 0 Å². The van der Waals surface area contributed by atoms with E-state index in [1.165, 1.54) is 0 Å². The number of aliphatic hydroxyl groups is 1. The molecule has 128 valence electrons. The first-order chi connectivity index (χ1) is 10.7. The van der Waals surface area contributed by atoms with Gasteiger partial charge in [0, 0.05) is 26.3 Å². The smallest absolute Gasteiger partial charge is 0.191 e. The molecule has 0 radical (unpaired) electrons. The normalized spacial score (nSPS) is 24.1. The predicted molar refractivity (Wildman–Crippen MR) is 87.2 cm³/mol. The molecule has 2 rings (SSSR count). The summed E-state index contributed by atoms with van der Waals surface area (Å²) in [4.78, 5) is 4.47. The Labute approximate surface area is 133 Å². The van der Waals surface area contributed by atoms with Crippen LogP contribution >= 0.6 is 0 Å². The van der Waals surface area contributed by atoms with Gasteiger partial charge in [-0.1, -0.05) is 0 Å². The van der Waals surface area contributed by atoms with Crippen molar-refractivity contribution in [2.24, 2.45) is 4.99 Å². The van der Waals surface area contributed by atoms with E-state index in [4.69, 9.17) is 9.47 Å². The first-order valence-electron chi connectivity index (χ1n) is 8.66. The summed E-state index contributed by atoms with van der Waals surface area (Å²) < 4.78 is 11.2. The number of nitrogens with zero attached hydrogens (tertiary/aromatic N) is 1. The zero-order chi connectivity index (χ0) is 15.7. The monoisotopic (exact) mass is 313 g/mol. The van der Waals surface area contributed by atoms with Crippen LogP contribution < -0.4 is 10.6 Å². The molecule has 2 aliphatic rings. The van der Waals surface area contributed by atoms with Crippen molar-refractivity contribution in [1.82, 2.24) is 10.6 Å². The van der Waals surface area contributed by atoms with Crippen LogP contribution in [0.3, 0.4) is 0 Å². The van der Waals surface area contributed by atoms with Gasteiger partial charge in [0.05, 0.1) is 24.9 Å². The second-order valence-electron chi connectivity index (χ2n) is 6.26. The van der Waals surface area contributed by atoms with Gasteiger partial charge in [-0.3, -0.25) is 4.99 Å². The minimum absolute atomic E-state index is 0.301. The maximum Gasteiger partial charge on any atom is 0.191 e. The molecule has 1 saturated carbocycles. The molecule has 3 N–H and O–H groups in total. The van der Waals surface area contributed by atoms with E-state index in [2.05, 4.69) is 15.6 Å². The summed E-state index contributed by atoms with van der Waals surface area (Å²) in [6.45, 7) is 6.48. The Balaban J connectivity index is 1.54. The molecule has 6 heteroatoms. The van der Waals surface area contributed by atoms with E-state index in [1.54, 1.807) is 0 Å². The van der Waals surface area contributed by atoms with Crippen molar-refractivity contribution in [3.63, 3.8) is 0 Å². The van der Waals surface area contributed by atoms with Crippen LogP contribution in [0.5, 0.6) is 0 Å². The standard InChI is InChI=1S/C16H31N3O3/c1-2-17-15(19-13-16(20)7-4-8-16)18-9-5-10-21-12-14-6-3-11-22-14/h14,20H,2-13H2,1H3,(H2,17,18,19). The quantitative estimate of drug-likeness (QED) is 0.337. The lowest BCUT2D eigenvalue weighted by molar-refractivity contribution is -0.0236. The van der Waals surface area contributed by atoms with Crippen molar-refractivity contribution < 1.29 is 14.6 Å². The molecule has 1 atom stereocenters. The summed E-state index contributed by atoms with van der Waals surface area (Å²) in [6.07, 6.45) is 6.36. The average molecular weight is 313 g/mol. The molecule has 6 nitrogen and oxygen atoms in total. The highest BCUT2D eigenvalue weighted by molar-refractivity contribution is 5.79. The van der Waals surface area contributed by atoms with Gasteiger partial charge in [0.15, 0.2) is 5.96 Å². The minimum Gasteiger partial charge on any atom is -0.388 e. The van der Waals surface area contributed by atoms with E-state index >= 15 is 0 Å². The van der Waals surface area contributed by atoms with Gasteiger partial charge in [-0.15, -0.1) is 0 Å². The average Bonchev–Trinajstić information content (AvgIpc) is 2.99. The number of nitrogens with one attached hydrogen (secondary N) is 2. The molecule has 22 heavy (non-hydrogen) atoms. The first-order valence-corrected chi connectivity index (χ1v) is 8.66. The molecular formula is C16H31N3O3. The van der Waals surface area contributed by atoms with Crippen LogP contribution in [0.4, 0.5) is 0 Å². The fourth-order valence-electron chi connectivity index (χ4n) is 2.68. The number of aliphatic imine (C=N–C) groups is 1. The number of hydrogen-bond acceptors (Lipinski definition) is 4. The summed E-state index contributed by atoms with van der Waals surface area (Å²) in [5, 5.41) is 16.6. The maximum atomic E-state index is 10.1. The van der Waals surface area contributed by atoms with Gasteiger partial charge < -0.3 is 25.2 Å². The van der Waals surface area contributed by atoms with E-state index in [-0.39, 0.29) is 0 Å². The van der Waals surface area contributed by atoms with Gasteiger partial charge in [-0.05, 0) is 45.4 Å². The Bertz CT molecular complexity index is 340. The zero-order valence-corrected chi connectivity index (χ0v) is 13.8. The predicted octanol–water partition coefficient (Wildman–Crippen LogP) is 1.04. The van der Waals surface area contributed by atoms with Crippen molar-refractivity contribution in [2.45, 2.75) is 57.2 Å². The van der Waals surface area contributed by atoms with Crippen LogP contribution in [0.25, 0.3) is 0 Å². The molecule has 2 fully saturated rings. The van der Waals surface area contributed by atoms with Crippen molar-refractivity contribution >= 4 is 5.96 Å². The molecule has 1 unspecified atom stereocenters. The Morgan fingerprint density at radius 1 is 1.36 bits per heavy atom. The third-order valence-corrected chi connectivity index (χ3v) is 4.25. The number of guanidine groups is 1. The SMILES string of the molecule is CCNC(=NCC1(O)CCC1)NCCCOCC1CCCO1. The summed E-state index contributed by atoms with van der Waals surface area (Å²) >= 11 is 0. The fraction of sp³-hybridized carbons (Fsp3) is 0.938. The van der Waals surface area contributed by atoms with Crippen molar-refractivity contribution in [1.29, 1.82) is 0 Å². The molecular weight excluding hydrogens is 282 g/mol. The van der Waals surface area contributed by atoms with Gasteiger partial charge in [-0.2, -0.15) is 0 Å². The van der Waals surface area contributed by atoms with Crippen LogP contribution in [0.1, 0.15) is 45.4 Å². The molecule has 0 spiro atoms. The lowest BCUT2D eigenvalue weighted by atomic mass is 9.80. The number of ether oxygens (including phenoxy) is 2. The number of rotatable bonds is 9. The molecule has 1 aliphatic carbocycles. The molecule has 0 aromatic carbocycles. The fourth-order valence-corrected chi connectivity index (χ4v) is 2.68. The molecule has 0 bridgehead atoms. The van der Waals surface area contributed by atoms with Crippen LogP contribution in [0.15, 0.2) is 4.99 Å². The molecule has 1 heterocycles. The summed E-state index contributed by atoms with van der Waals surface area (Å²) in [7, 11) is 0. The summed E-state index contributed by atoms with van der Waals surface area (Å²) in [5.41, 5.74) is -0.563. The van der Waals surface area contributed by atoms with Crippen LogP contribution in [-0.2, 0) is 9.47 Å². The summed E-state index contributed by atoms with van der Waals surface area (Å²) in [6, 6.07) is 0. The zero-order valence-electron chi connectivity index (χ0n) is 13.8.